The Balaban J connectivity index is 1.86. The molecule has 128 valence electrons. The number of benzene rings is 2. The first-order valence-electron chi connectivity index (χ1n) is 8.09. The van der Waals surface area contributed by atoms with E-state index in [0.29, 0.717) is 29.1 Å². The number of ether oxygens (including phenoxy) is 2. The van der Waals surface area contributed by atoms with Gasteiger partial charge in [0.1, 0.15) is 5.75 Å². The molecule has 0 spiro atoms. The highest BCUT2D eigenvalue weighted by Crippen LogP contribution is 2.31. The van der Waals surface area contributed by atoms with Gasteiger partial charge in [0.2, 0.25) is 6.29 Å². The number of Topliss-reactive ketones (excluding diaryl/α,β-unsaturated/α-hetero) is 2. The first-order valence-corrected chi connectivity index (χ1v) is 8.09. The van der Waals surface area contributed by atoms with Crippen molar-refractivity contribution in [3.8, 4) is 5.75 Å². The van der Waals surface area contributed by atoms with Gasteiger partial charge in [0.25, 0.3) is 0 Å². The molecule has 1 unspecified atom stereocenters. The van der Waals surface area contributed by atoms with Gasteiger partial charge in [-0.1, -0.05) is 12.1 Å². The lowest BCUT2D eigenvalue weighted by molar-refractivity contribution is -0.0509. The molecule has 0 fully saturated rings. The maximum atomic E-state index is 12.8. The van der Waals surface area contributed by atoms with Crippen LogP contribution in [0, 0.1) is 0 Å². The molecule has 1 aliphatic rings. The topological polar surface area (TPSA) is 64.6 Å². The maximum Gasteiger partial charge on any atom is 0.232 e. The van der Waals surface area contributed by atoms with E-state index in [0.717, 1.165) is 5.69 Å². The predicted molar refractivity (Wildman–Crippen MR) is 95.0 cm³/mol. The smallest absolute Gasteiger partial charge is 0.232 e. The van der Waals surface area contributed by atoms with Crippen LogP contribution in [0.15, 0.2) is 60.3 Å². The Kier molecular flexibility index (Phi) is 4.95. The number of carbonyl (C=O) groups is 2. The number of carbonyl (C=O) groups excluding carboxylic acids is 2. The highest BCUT2D eigenvalue weighted by atomic mass is 16.7. The summed E-state index contributed by atoms with van der Waals surface area (Å²) in [6, 6.07) is 14.1. The Morgan fingerprint density at radius 2 is 1.92 bits per heavy atom. The minimum absolute atomic E-state index is 0.00813. The summed E-state index contributed by atoms with van der Waals surface area (Å²) in [6.07, 6.45) is 0.845. The highest BCUT2D eigenvalue weighted by molar-refractivity contribution is 6.12. The number of hydrogen-bond acceptors (Lipinski definition) is 5. The van der Waals surface area contributed by atoms with Crippen LogP contribution >= 0.6 is 0 Å². The molecule has 1 heterocycles. The number of ketones is 2. The van der Waals surface area contributed by atoms with Gasteiger partial charge in [-0.15, -0.1) is 0 Å². The van der Waals surface area contributed by atoms with Gasteiger partial charge in [-0.05, 0) is 50.2 Å². The molecule has 0 bridgehead atoms. The summed E-state index contributed by atoms with van der Waals surface area (Å²) >= 11 is 0. The molecule has 1 atom stereocenters. The van der Waals surface area contributed by atoms with Crippen LogP contribution in [0.1, 0.15) is 34.6 Å². The summed E-state index contributed by atoms with van der Waals surface area (Å²) in [6.45, 7) is 3.79. The van der Waals surface area contributed by atoms with Crippen molar-refractivity contribution >= 4 is 17.3 Å². The van der Waals surface area contributed by atoms with Crippen LogP contribution in [0.3, 0.4) is 0 Å². The van der Waals surface area contributed by atoms with Crippen molar-refractivity contribution < 1.29 is 19.1 Å². The second kappa shape index (κ2) is 7.32. The monoisotopic (exact) mass is 337 g/mol. The van der Waals surface area contributed by atoms with E-state index >= 15 is 0 Å². The standard InChI is InChI=1S/C20H19NO4/c1-3-24-20-17(19(23)16-6-4-5-7-18(16)25-20)12-21-15-10-8-14(9-11-15)13(2)22/h4-12,20-21H,3H2,1-2H3. The minimum atomic E-state index is -0.753. The average molecular weight is 337 g/mol. The van der Waals surface area contributed by atoms with Crippen molar-refractivity contribution in [3.05, 3.63) is 71.4 Å². The van der Waals surface area contributed by atoms with Gasteiger partial charge in [0.15, 0.2) is 11.6 Å². The predicted octanol–water partition coefficient (Wildman–Crippen LogP) is 3.82. The summed E-state index contributed by atoms with van der Waals surface area (Å²) < 4.78 is 11.4. The second-order valence-electron chi connectivity index (χ2n) is 5.61. The van der Waals surface area contributed by atoms with E-state index in [1.165, 1.54) is 6.92 Å². The molecule has 1 aliphatic heterocycles. The summed E-state index contributed by atoms with van der Waals surface area (Å²) in [7, 11) is 0. The van der Waals surface area contributed by atoms with E-state index in [4.69, 9.17) is 9.47 Å². The first-order chi connectivity index (χ1) is 12.1. The molecular formula is C20H19NO4. The zero-order chi connectivity index (χ0) is 17.8. The van der Waals surface area contributed by atoms with E-state index < -0.39 is 6.29 Å². The van der Waals surface area contributed by atoms with Crippen LogP contribution < -0.4 is 10.1 Å². The third kappa shape index (κ3) is 3.61. The molecule has 0 aromatic heterocycles. The molecule has 5 nitrogen and oxygen atoms in total. The van der Waals surface area contributed by atoms with E-state index in [2.05, 4.69) is 5.32 Å². The van der Waals surface area contributed by atoms with E-state index in [1.54, 1.807) is 48.7 Å². The molecule has 0 saturated carbocycles. The molecule has 0 aliphatic carbocycles. The van der Waals surface area contributed by atoms with Gasteiger partial charge in [0.05, 0.1) is 11.1 Å². The van der Waals surface area contributed by atoms with Crippen molar-refractivity contribution in [3.63, 3.8) is 0 Å². The molecule has 1 N–H and O–H groups in total. The molecule has 2 aromatic carbocycles. The lowest BCUT2D eigenvalue weighted by Gasteiger charge is -2.27. The quantitative estimate of drug-likeness (QED) is 0.664. The van der Waals surface area contributed by atoms with Crippen LogP contribution in [0.5, 0.6) is 5.75 Å². The van der Waals surface area contributed by atoms with Crippen LogP contribution in [-0.2, 0) is 4.74 Å². The zero-order valence-electron chi connectivity index (χ0n) is 14.1. The molecule has 25 heavy (non-hydrogen) atoms. The van der Waals surface area contributed by atoms with Gasteiger partial charge < -0.3 is 14.8 Å². The molecule has 2 aromatic rings. The molecular weight excluding hydrogens is 318 g/mol. The van der Waals surface area contributed by atoms with Crippen molar-refractivity contribution in [1.29, 1.82) is 0 Å². The van der Waals surface area contributed by atoms with Crippen molar-refractivity contribution in [2.24, 2.45) is 0 Å². The summed E-state index contributed by atoms with van der Waals surface area (Å²) in [5.41, 5.74) is 2.31. The Labute approximate surface area is 146 Å². The fraction of sp³-hybridized carbons (Fsp3) is 0.200. The van der Waals surface area contributed by atoms with Crippen LogP contribution in [0.4, 0.5) is 5.69 Å². The number of para-hydroxylation sites is 1. The van der Waals surface area contributed by atoms with Crippen LogP contribution in [0.25, 0.3) is 0 Å². The van der Waals surface area contributed by atoms with Gasteiger partial charge in [0, 0.05) is 24.1 Å². The second-order valence-corrected chi connectivity index (χ2v) is 5.61. The van der Waals surface area contributed by atoms with Crippen molar-refractivity contribution in [2.45, 2.75) is 20.1 Å². The first kappa shape index (κ1) is 16.9. The Bertz CT molecular complexity index is 824. The van der Waals surface area contributed by atoms with Crippen molar-refractivity contribution in [2.75, 3.05) is 11.9 Å². The number of nitrogens with one attached hydrogen (secondary N) is 1. The molecule has 0 amide bonds. The number of hydrogen-bond donors (Lipinski definition) is 1. The minimum Gasteiger partial charge on any atom is -0.460 e. The fourth-order valence-corrected chi connectivity index (χ4v) is 2.57. The Morgan fingerprint density at radius 3 is 2.60 bits per heavy atom. The Hall–Kier alpha value is -2.92. The molecule has 0 saturated heterocycles. The number of anilines is 1. The fourth-order valence-electron chi connectivity index (χ4n) is 2.57. The van der Waals surface area contributed by atoms with Crippen molar-refractivity contribution in [1.82, 2.24) is 0 Å². The molecule has 3 rings (SSSR count). The third-order valence-corrected chi connectivity index (χ3v) is 3.89. The van der Waals surface area contributed by atoms with E-state index in [-0.39, 0.29) is 11.6 Å². The summed E-state index contributed by atoms with van der Waals surface area (Å²) in [5, 5.41) is 3.08. The lowest BCUT2D eigenvalue weighted by Crippen LogP contribution is -2.33. The highest BCUT2D eigenvalue weighted by Gasteiger charge is 2.32. The number of fused-ring (bicyclic) bond motifs is 1. The van der Waals surface area contributed by atoms with Crippen LogP contribution in [0.2, 0.25) is 0 Å². The lowest BCUT2D eigenvalue weighted by atomic mass is 10.00. The van der Waals surface area contributed by atoms with Gasteiger partial charge >= 0.3 is 0 Å². The zero-order valence-corrected chi connectivity index (χ0v) is 14.1. The largest absolute Gasteiger partial charge is 0.460 e. The van der Waals surface area contributed by atoms with Gasteiger partial charge in [-0.2, -0.15) is 0 Å². The van der Waals surface area contributed by atoms with Gasteiger partial charge in [-0.3, -0.25) is 9.59 Å². The Morgan fingerprint density at radius 1 is 1.20 bits per heavy atom. The average Bonchev–Trinajstić information content (AvgIpc) is 2.62. The summed E-state index contributed by atoms with van der Waals surface area (Å²) in [4.78, 5) is 24.1. The third-order valence-electron chi connectivity index (χ3n) is 3.89. The van der Waals surface area contributed by atoms with Crippen LogP contribution in [-0.4, -0.2) is 24.5 Å². The van der Waals surface area contributed by atoms with E-state index in [9.17, 15) is 9.59 Å². The van der Waals surface area contributed by atoms with E-state index in [1.807, 2.05) is 13.0 Å². The molecule has 5 heteroatoms. The number of rotatable bonds is 5. The maximum absolute atomic E-state index is 12.8. The molecule has 0 radical (unpaired) electrons. The van der Waals surface area contributed by atoms with Gasteiger partial charge in [-0.25, -0.2) is 0 Å². The summed E-state index contributed by atoms with van der Waals surface area (Å²) in [5.74, 6) is 0.399. The SMILES string of the molecule is CCOC1Oc2ccccc2C(=O)C1=CNc1ccc(C(C)=O)cc1. The normalized spacial score (nSPS) is 17.8.